The fourth-order valence-electron chi connectivity index (χ4n) is 2.30. The third kappa shape index (κ3) is 2.29. The van der Waals surface area contributed by atoms with Crippen molar-refractivity contribution < 1.29 is 0 Å². The van der Waals surface area contributed by atoms with Gasteiger partial charge in [-0.25, -0.2) is 0 Å². The topological polar surface area (TPSA) is 43.8 Å². The SMILES string of the molecule is NCc1nn(Cc2c(Cl)cccc2Cl)c2ccccc12. The molecule has 2 aromatic carbocycles. The number of nitrogens with zero attached hydrogens (tertiary/aromatic N) is 2. The monoisotopic (exact) mass is 305 g/mol. The first-order valence-corrected chi connectivity index (χ1v) is 7.03. The molecular weight excluding hydrogens is 293 g/mol. The van der Waals surface area contributed by atoms with Gasteiger partial charge in [0.25, 0.3) is 0 Å². The minimum absolute atomic E-state index is 0.407. The molecule has 102 valence electrons. The first-order chi connectivity index (χ1) is 9.70. The van der Waals surface area contributed by atoms with E-state index in [0.29, 0.717) is 23.1 Å². The number of halogens is 2. The number of hydrogen-bond acceptors (Lipinski definition) is 2. The third-order valence-corrected chi connectivity index (χ3v) is 4.01. The van der Waals surface area contributed by atoms with E-state index in [1.54, 1.807) is 0 Å². The molecule has 0 bridgehead atoms. The van der Waals surface area contributed by atoms with E-state index < -0.39 is 0 Å². The van der Waals surface area contributed by atoms with E-state index in [1.807, 2.05) is 47.1 Å². The maximum absolute atomic E-state index is 6.22. The van der Waals surface area contributed by atoms with Crippen molar-refractivity contribution in [1.29, 1.82) is 0 Å². The van der Waals surface area contributed by atoms with Gasteiger partial charge in [0, 0.05) is 27.5 Å². The Morgan fingerprint density at radius 1 is 1.00 bits per heavy atom. The average Bonchev–Trinajstić information content (AvgIpc) is 2.81. The standard InChI is InChI=1S/C15H13Cl2N3/c16-12-5-3-6-13(17)11(12)9-20-15-7-2-1-4-10(15)14(8-18)19-20/h1-7H,8-9,18H2. The van der Waals surface area contributed by atoms with Crippen LogP contribution < -0.4 is 5.73 Å². The molecule has 20 heavy (non-hydrogen) atoms. The van der Waals surface area contributed by atoms with E-state index in [1.165, 1.54) is 0 Å². The van der Waals surface area contributed by atoms with E-state index in [-0.39, 0.29) is 0 Å². The highest BCUT2D eigenvalue weighted by Gasteiger charge is 2.12. The van der Waals surface area contributed by atoms with Crippen LogP contribution in [0.4, 0.5) is 0 Å². The second kappa shape index (κ2) is 5.44. The molecule has 0 saturated carbocycles. The molecule has 2 N–H and O–H groups in total. The second-order valence-electron chi connectivity index (χ2n) is 4.53. The lowest BCUT2D eigenvalue weighted by Gasteiger charge is -2.08. The van der Waals surface area contributed by atoms with Crippen LogP contribution in [0.2, 0.25) is 10.0 Å². The highest BCUT2D eigenvalue weighted by Crippen LogP contribution is 2.27. The Labute approximate surface area is 126 Å². The molecule has 1 aromatic heterocycles. The van der Waals surface area contributed by atoms with Crippen LogP contribution in [0, 0.1) is 0 Å². The molecule has 0 aliphatic rings. The molecule has 1 heterocycles. The Hall–Kier alpha value is -1.55. The molecule has 3 nitrogen and oxygen atoms in total. The Morgan fingerprint density at radius 2 is 1.70 bits per heavy atom. The molecule has 3 aromatic rings. The van der Waals surface area contributed by atoms with Crippen LogP contribution in [-0.2, 0) is 13.1 Å². The van der Waals surface area contributed by atoms with Crippen LogP contribution in [-0.4, -0.2) is 9.78 Å². The van der Waals surface area contributed by atoms with Gasteiger partial charge in [-0.15, -0.1) is 0 Å². The van der Waals surface area contributed by atoms with E-state index in [0.717, 1.165) is 22.2 Å². The summed E-state index contributed by atoms with van der Waals surface area (Å²) in [4.78, 5) is 0. The second-order valence-corrected chi connectivity index (χ2v) is 5.34. The van der Waals surface area contributed by atoms with Crippen LogP contribution in [0.5, 0.6) is 0 Å². The van der Waals surface area contributed by atoms with Crippen LogP contribution in [0.3, 0.4) is 0 Å². The van der Waals surface area contributed by atoms with Crippen molar-refractivity contribution >= 4 is 34.1 Å². The molecule has 0 aliphatic heterocycles. The molecule has 0 atom stereocenters. The molecule has 0 aliphatic carbocycles. The van der Waals surface area contributed by atoms with Gasteiger partial charge in [-0.1, -0.05) is 47.5 Å². The zero-order valence-corrected chi connectivity index (χ0v) is 12.2. The smallest absolute Gasteiger partial charge is 0.0839 e. The summed E-state index contributed by atoms with van der Waals surface area (Å²) in [5.41, 5.74) is 8.53. The summed E-state index contributed by atoms with van der Waals surface area (Å²) < 4.78 is 1.89. The zero-order valence-electron chi connectivity index (χ0n) is 10.7. The van der Waals surface area contributed by atoms with Crippen molar-refractivity contribution in [1.82, 2.24) is 9.78 Å². The van der Waals surface area contributed by atoms with Crippen LogP contribution >= 0.6 is 23.2 Å². The van der Waals surface area contributed by atoms with Gasteiger partial charge in [0.15, 0.2) is 0 Å². The minimum Gasteiger partial charge on any atom is -0.325 e. The summed E-state index contributed by atoms with van der Waals surface area (Å²) in [6, 6.07) is 13.5. The van der Waals surface area contributed by atoms with E-state index >= 15 is 0 Å². The number of benzene rings is 2. The lowest BCUT2D eigenvalue weighted by Crippen LogP contribution is -2.05. The van der Waals surface area contributed by atoms with Crippen LogP contribution in [0.15, 0.2) is 42.5 Å². The number of nitrogens with two attached hydrogens (primary N) is 1. The van der Waals surface area contributed by atoms with Crippen molar-refractivity contribution in [3.8, 4) is 0 Å². The maximum Gasteiger partial charge on any atom is 0.0839 e. The van der Waals surface area contributed by atoms with Gasteiger partial charge < -0.3 is 5.73 Å². The molecule has 0 saturated heterocycles. The van der Waals surface area contributed by atoms with Crippen LogP contribution in [0.1, 0.15) is 11.3 Å². The summed E-state index contributed by atoms with van der Waals surface area (Å²) in [5.74, 6) is 0. The number of hydrogen-bond donors (Lipinski definition) is 1. The summed E-state index contributed by atoms with van der Waals surface area (Å²) in [6.07, 6.45) is 0. The predicted molar refractivity (Wildman–Crippen MR) is 83.2 cm³/mol. The number of aromatic nitrogens is 2. The Balaban J connectivity index is 2.12. The van der Waals surface area contributed by atoms with Crippen molar-refractivity contribution in [2.45, 2.75) is 13.1 Å². The van der Waals surface area contributed by atoms with Crippen molar-refractivity contribution in [2.24, 2.45) is 5.73 Å². The molecular formula is C15H13Cl2N3. The number of rotatable bonds is 3. The van der Waals surface area contributed by atoms with E-state index in [9.17, 15) is 0 Å². The van der Waals surface area contributed by atoms with Gasteiger partial charge in [-0.3, -0.25) is 4.68 Å². The highest BCUT2D eigenvalue weighted by molar-refractivity contribution is 6.36. The van der Waals surface area contributed by atoms with Crippen LogP contribution in [0.25, 0.3) is 10.9 Å². The van der Waals surface area contributed by atoms with Crippen molar-refractivity contribution in [3.05, 3.63) is 63.8 Å². The van der Waals surface area contributed by atoms with Crippen molar-refractivity contribution in [2.75, 3.05) is 0 Å². The summed E-state index contributed by atoms with van der Waals surface area (Å²) in [5, 5.41) is 6.92. The first-order valence-electron chi connectivity index (χ1n) is 6.28. The molecule has 0 fully saturated rings. The molecule has 3 rings (SSSR count). The van der Waals surface area contributed by atoms with Gasteiger partial charge in [0.1, 0.15) is 0 Å². The lowest BCUT2D eigenvalue weighted by molar-refractivity contribution is 0.694. The normalized spacial score (nSPS) is 11.2. The van der Waals surface area contributed by atoms with Crippen molar-refractivity contribution in [3.63, 3.8) is 0 Å². The molecule has 0 radical (unpaired) electrons. The number of para-hydroxylation sites is 1. The quantitative estimate of drug-likeness (QED) is 0.798. The van der Waals surface area contributed by atoms with Gasteiger partial charge in [-0.2, -0.15) is 5.10 Å². The Morgan fingerprint density at radius 3 is 2.40 bits per heavy atom. The summed E-state index contributed by atoms with van der Waals surface area (Å²) >= 11 is 12.4. The fourth-order valence-corrected chi connectivity index (χ4v) is 2.82. The Bertz CT molecular complexity index is 745. The lowest BCUT2D eigenvalue weighted by atomic mass is 10.2. The largest absolute Gasteiger partial charge is 0.325 e. The number of fused-ring (bicyclic) bond motifs is 1. The third-order valence-electron chi connectivity index (χ3n) is 3.30. The summed E-state index contributed by atoms with van der Waals surface area (Å²) in [6.45, 7) is 0.933. The molecule has 5 heteroatoms. The van der Waals surface area contributed by atoms with Gasteiger partial charge in [0.05, 0.1) is 17.8 Å². The minimum atomic E-state index is 0.407. The maximum atomic E-state index is 6.22. The predicted octanol–water partition coefficient (Wildman–Crippen LogP) is 3.85. The molecule has 0 amide bonds. The zero-order chi connectivity index (χ0) is 14.1. The Kier molecular flexibility index (Phi) is 3.66. The van der Waals surface area contributed by atoms with Gasteiger partial charge in [0.2, 0.25) is 0 Å². The average molecular weight is 306 g/mol. The van der Waals surface area contributed by atoms with E-state index in [4.69, 9.17) is 28.9 Å². The molecule has 0 unspecified atom stereocenters. The first kappa shape index (κ1) is 13.4. The molecule has 0 spiro atoms. The van der Waals surface area contributed by atoms with Gasteiger partial charge >= 0.3 is 0 Å². The van der Waals surface area contributed by atoms with Gasteiger partial charge in [-0.05, 0) is 18.2 Å². The fraction of sp³-hybridized carbons (Fsp3) is 0.133. The summed E-state index contributed by atoms with van der Waals surface area (Å²) in [7, 11) is 0. The highest BCUT2D eigenvalue weighted by atomic mass is 35.5. The van der Waals surface area contributed by atoms with E-state index in [2.05, 4.69) is 5.10 Å².